The summed E-state index contributed by atoms with van der Waals surface area (Å²) in [6.45, 7) is 27.6. The van der Waals surface area contributed by atoms with Crippen LogP contribution in [0.1, 0.15) is 89.5 Å². The Morgan fingerprint density at radius 1 is 0.762 bits per heavy atom. The first-order valence-electron chi connectivity index (χ1n) is 17.6. The molecular formula is C33H68O6Si3. The fourth-order valence-electron chi connectivity index (χ4n) is 7.21. The molecule has 2 aliphatic rings. The lowest BCUT2D eigenvalue weighted by molar-refractivity contribution is -0.139. The summed E-state index contributed by atoms with van der Waals surface area (Å²) in [7, 11) is -5.60. The van der Waals surface area contributed by atoms with Gasteiger partial charge in [-0.15, -0.1) is 0 Å². The van der Waals surface area contributed by atoms with E-state index in [4.69, 9.17) is 22.8 Å². The molecule has 248 valence electrons. The van der Waals surface area contributed by atoms with Gasteiger partial charge < -0.3 is 27.9 Å². The quantitative estimate of drug-likeness (QED) is 0.0809. The Hall–Kier alpha value is -0.00935. The molecule has 2 aliphatic heterocycles. The Kier molecular flexibility index (Phi) is 15.5. The Bertz CT molecular complexity index is 785. The number of aliphatic hydroxyl groups excluding tert-OH is 1. The van der Waals surface area contributed by atoms with Crippen molar-refractivity contribution in [3.63, 3.8) is 0 Å². The van der Waals surface area contributed by atoms with Crippen LogP contribution in [0.3, 0.4) is 0 Å². The predicted octanol–water partition coefficient (Wildman–Crippen LogP) is 9.45. The van der Waals surface area contributed by atoms with Gasteiger partial charge in [0.2, 0.25) is 0 Å². The summed E-state index contributed by atoms with van der Waals surface area (Å²) in [6.07, 6.45) is 2.81. The summed E-state index contributed by atoms with van der Waals surface area (Å²) in [4.78, 5) is 0. The van der Waals surface area contributed by atoms with E-state index >= 15 is 0 Å². The first-order chi connectivity index (χ1) is 19.9. The van der Waals surface area contributed by atoms with Gasteiger partial charge in [-0.25, -0.2) is 0 Å². The number of ether oxygens (including phenoxy) is 2. The second-order valence-electron chi connectivity index (χ2n) is 13.3. The van der Waals surface area contributed by atoms with Crippen LogP contribution in [-0.2, 0) is 22.8 Å². The van der Waals surface area contributed by atoms with E-state index in [-0.39, 0.29) is 48.3 Å². The zero-order chi connectivity index (χ0) is 31.7. The molecule has 0 bridgehead atoms. The number of aliphatic hydroxyl groups is 1. The molecule has 0 spiro atoms. The van der Waals surface area contributed by atoms with Gasteiger partial charge >= 0.3 is 0 Å². The number of hydrogen-bond donors (Lipinski definition) is 1. The third-order valence-electron chi connectivity index (χ3n) is 11.4. The van der Waals surface area contributed by atoms with Crippen LogP contribution in [-0.4, -0.2) is 73.3 Å². The number of allylic oxidation sites excluding steroid dienone is 1. The average molecular weight is 645 g/mol. The minimum Gasteiger partial charge on any atom is -0.513 e. The molecule has 8 atom stereocenters. The molecule has 0 radical (unpaired) electrons. The summed E-state index contributed by atoms with van der Waals surface area (Å²) in [5.74, 6) is 0.832. The summed E-state index contributed by atoms with van der Waals surface area (Å²) in [6, 6.07) is 10.0. The molecule has 2 rings (SSSR count). The number of rotatable bonds is 20. The summed E-state index contributed by atoms with van der Waals surface area (Å²) in [5, 5.41) is 10.3. The predicted molar refractivity (Wildman–Crippen MR) is 184 cm³/mol. The standard InChI is InChI=1S/C33H68O6Si3/c1-13-40(14-2,15-3)37-27(12)26(11)31-30(36-31)23-28-24-35-29(22-25(10)34)33(39-42(19-7,20-8)21-9)32(28)38-41(16-4,17-5)18-6/h22,26-34H,13-21,23-24H2,1-12H3/b25-22-/t26-,27-,28-,29-,30-,31-,32+,33-/m0/s1. The monoisotopic (exact) mass is 644 g/mol. The van der Waals surface area contributed by atoms with E-state index in [1.165, 1.54) is 18.1 Å². The Morgan fingerprint density at radius 2 is 1.21 bits per heavy atom. The second-order valence-corrected chi connectivity index (χ2v) is 27.5. The molecule has 2 fully saturated rings. The average Bonchev–Trinajstić information content (AvgIpc) is 3.78. The zero-order valence-electron chi connectivity index (χ0n) is 29.5. The van der Waals surface area contributed by atoms with Crippen LogP contribution < -0.4 is 0 Å². The van der Waals surface area contributed by atoms with Gasteiger partial charge in [-0.05, 0) is 80.7 Å². The molecule has 0 amide bonds. The molecule has 6 nitrogen and oxygen atoms in total. The first kappa shape index (κ1) is 38.2. The second kappa shape index (κ2) is 17.1. The van der Waals surface area contributed by atoms with Crippen LogP contribution in [0.25, 0.3) is 0 Å². The molecule has 0 saturated carbocycles. The third-order valence-corrected chi connectivity index (χ3v) is 25.5. The molecule has 0 aromatic heterocycles. The van der Waals surface area contributed by atoms with Crippen molar-refractivity contribution < 1.29 is 27.9 Å². The topological polar surface area (TPSA) is 69.7 Å². The lowest BCUT2D eigenvalue weighted by Crippen LogP contribution is -2.59. The van der Waals surface area contributed by atoms with Crippen molar-refractivity contribution in [2.24, 2.45) is 11.8 Å². The van der Waals surface area contributed by atoms with Crippen LogP contribution >= 0.6 is 0 Å². The highest BCUT2D eigenvalue weighted by Crippen LogP contribution is 2.43. The lowest BCUT2D eigenvalue weighted by Gasteiger charge is -2.48. The molecule has 2 heterocycles. The van der Waals surface area contributed by atoms with Gasteiger partial charge in [0.25, 0.3) is 0 Å². The number of epoxide rings is 1. The van der Waals surface area contributed by atoms with Gasteiger partial charge in [-0.1, -0.05) is 69.2 Å². The van der Waals surface area contributed by atoms with Gasteiger partial charge in [0, 0.05) is 17.9 Å². The van der Waals surface area contributed by atoms with E-state index in [0.29, 0.717) is 12.5 Å². The van der Waals surface area contributed by atoms with E-state index in [1.54, 1.807) is 6.92 Å². The molecular weight excluding hydrogens is 577 g/mol. The highest BCUT2D eigenvalue weighted by atomic mass is 28.4. The van der Waals surface area contributed by atoms with Crippen LogP contribution in [0.4, 0.5) is 0 Å². The van der Waals surface area contributed by atoms with Crippen molar-refractivity contribution in [3.8, 4) is 0 Å². The van der Waals surface area contributed by atoms with E-state index in [9.17, 15) is 5.11 Å². The van der Waals surface area contributed by atoms with E-state index < -0.39 is 25.0 Å². The Balaban J connectivity index is 2.36. The smallest absolute Gasteiger partial charge is 0.192 e. The molecule has 0 unspecified atom stereocenters. The minimum absolute atomic E-state index is 0.0587. The van der Waals surface area contributed by atoms with Crippen LogP contribution in [0.5, 0.6) is 0 Å². The molecule has 0 aromatic rings. The van der Waals surface area contributed by atoms with Crippen LogP contribution in [0.2, 0.25) is 54.4 Å². The summed E-state index contributed by atoms with van der Waals surface area (Å²) in [5.41, 5.74) is 0. The van der Waals surface area contributed by atoms with E-state index in [1.807, 2.05) is 6.08 Å². The fourth-order valence-corrected chi connectivity index (χ4v) is 16.0. The van der Waals surface area contributed by atoms with Gasteiger partial charge in [-0.2, -0.15) is 0 Å². The molecule has 2 saturated heterocycles. The Labute approximate surface area is 263 Å². The molecule has 0 aliphatic carbocycles. The SMILES string of the molecule is CC[Si](CC)(CC)O[C@@H]1[C@@H](C[C@@H]2O[C@H]2[C@@H](C)[C@H](C)O[Si](CC)(CC)CC)CO[C@@H](/C=C(/C)O)[C@@H]1O[Si](CC)(CC)CC. The van der Waals surface area contributed by atoms with Crippen molar-refractivity contribution in [1.82, 2.24) is 0 Å². The van der Waals surface area contributed by atoms with Gasteiger partial charge in [0.15, 0.2) is 25.0 Å². The summed E-state index contributed by atoms with van der Waals surface area (Å²) >= 11 is 0. The Morgan fingerprint density at radius 3 is 1.64 bits per heavy atom. The maximum Gasteiger partial charge on any atom is 0.192 e. The lowest BCUT2D eigenvalue weighted by atomic mass is 9.86. The molecule has 9 heteroatoms. The number of hydrogen-bond acceptors (Lipinski definition) is 6. The van der Waals surface area contributed by atoms with E-state index in [2.05, 4.69) is 76.2 Å². The normalized spacial score (nSPS) is 29.0. The highest BCUT2D eigenvalue weighted by molar-refractivity contribution is 6.74. The summed E-state index contributed by atoms with van der Waals surface area (Å²) < 4.78 is 34.5. The fraction of sp³-hybridized carbons (Fsp3) is 0.939. The van der Waals surface area contributed by atoms with Crippen molar-refractivity contribution >= 4 is 25.0 Å². The maximum absolute atomic E-state index is 10.3. The zero-order valence-corrected chi connectivity index (χ0v) is 32.5. The highest BCUT2D eigenvalue weighted by Gasteiger charge is 2.53. The van der Waals surface area contributed by atoms with Crippen molar-refractivity contribution in [1.29, 1.82) is 0 Å². The van der Waals surface area contributed by atoms with Crippen molar-refractivity contribution in [2.45, 2.75) is 181 Å². The minimum atomic E-state index is -1.98. The van der Waals surface area contributed by atoms with Crippen LogP contribution in [0, 0.1) is 11.8 Å². The van der Waals surface area contributed by atoms with Crippen LogP contribution in [0.15, 0.2) is 11.8 Å². The molecule has 42 heavy (non-hydrogen) atoms. The third kappa shape index (κ3) is 9.27. The largest absolute Gasteiger partial charge is 0.513 e. The first-order valence-corrected chi connectivity index (χ1v) is 25.2. The van der Waals surface area contributed by atoms with Crippen molar-refractivity contribution in [2.75, 3.05) is 6.61 Å². The molecule has 1 N–H and O–H groups in total. The van der Waals surface area contributed by atoms with Crippen molar-refractivity contribution in [3.05, 3.63) is 11.8 Å². The van der Waals surface area contributed by atoms with Gasteiger partial charge in [-0.3, -0.25) is 0 Å². The van der Waals surface area contributed by atoms with Gasteiger partial charge in [0.05, 0.1) is 30.7 Å². The molecule has 0 aromatic carbocycles. The maximum atomic E-state index is 10.3. The van der Waals surface area contributed by atoms with E-state index in [0.717, 1.165) is 42.7 Å². The van der Waals surface area contributed by atoms with Gasteiger partial charge in [0.1, 0.15) is 12.2 Å².